The number of aryl methyl sites for hydroxylation is 2. The first-order valence-corrected chi connectivity index (χ1v) is 12.4. The third-order valence-electron chi connectivity index (χ3n) is 5.56. The largest absolute Gasteiger partial charge is 0.744 e. The van der Waals surface area contributed by atoms with Crippen LogP contribution in [-0.4, -0.2) is 60.6 Å². The summed E-state index contributed by atoms with van der Waals surface area (Å²) in [4.78, 5) is -0.178. The maximum atomic E-state index is 13.7. The lowest BCUT2D eigenvalue weighted by atomic mass is 9.88. The van der Waals surface area contributed by atoms with E-state index in [9.17, 15) is 87.6 Å². The van der Waals surface area contributed by atoms with Crippen molar-refractivity contribution in [2.45, 2.75) is 72.4 Å². The number of benzene rings is 1. The number of hydrogen-bond donors (Lipinski definition) is 0. The zero-order chi connectivity index (χ0) is 35.0. The fraction of sp³-hybridized carbons (Fsp3) is 0.500. The number of alkyl halides is 17. The average molecular weight is 697 g/mol. The molecule has 4 nitrogen and oxygen atoms in total. The number of hydrogen-bond acceptors (Lipinski definition) is 3. The van der Waals surface area contributed by atoms with Crippen molar-refractivity contribution in [3.63, 3.8) is 0 Å². The Labute approximate surface area is 235 Å². The van der Waals surface area contributed by atoms with Crippen LogP contribution < -0.4 is 4.57 Å². The highest BCUT2D eigenvalue weighted by molar-refractivity contribution is 7.85. The molecule has 0 spiro atoms. The van der Waals surface area contributed by atoms with E-state index in [0.29, 0.717) is 4.57 Å². The van der Waals surface area contributed by atoms with E-state index in [0.717, 1.165) is 30.1 Å². The van der Waals surface area contributed by atoms with Crippen molar-refractivity contribution in [2.24, 2.45) is 0 Å². The van der Waals surface area contributed by atoms with Gasteiger partial charge in [-0.1, -0.05) is 23.8 Å². The second-order valence-electron chi connectivity index (χ2n) is 8.78. The van der Waals surface area contributed by atoms with Crippen molar-refractivity contribution >= 4 is 10.1 Å². The summed E-state index contributed by atoms with van der Waals surface area (Å²) >= 11 is 0. The predicted molar refractivity (Wildman–Crippen MR) is 111 cm³/mol. The lowest BCUT2D eigenvalue weighted by molar-refractivity contribution is -0.700. The molecule has 0 aliphatic rings. The molecule has 0 fully saturated rings. The molecule has 1 heterocycles. The van der Waals surface area contributed by atoms with Crippen LogP contribution in [-0.2, 0) is 16.7 Å². The maximum absolute atomic E-state index is 13.7. The van der Waals surface area contributed by atoms with Gasteiger partial charge in [0.15, 0.2) is 18.9 Å². The van der Waals surface area contributed by atoms with Crippen molar-refractivity contribution < 1.29 is 92.2 Å². The standard InChI is InChI=1S/C15H9F17N.C7H8O3S/c16-8(17,4-7-33-5-2-1-3-6-33)9(18,19)10(20,21)11(22,23)12(24,25)13(26,27)14(28,29)15(30,31)32;1-6-2-4-7(5-3-6)11(8,9)10/h1-3,5-6H,4,7H2;2-5H,1H3,(H,8,9,10)/q+1;/p-1. The molecule has 2 rings (SSSR count). The third kappa shape index (κ3) is 6.99. The van der Waals surface area contributed by atoms with E-state index in [1.165, 1.54) is 18.2 Å². The number of aromatic nitrogens is 1. The molecule has 0 aliphatic heterocycles. The van der Waals surface area contributed by atoms with Gasteiger partial charge in [0.25, 0.3) is 0 Å². The lowest BCUT2D eigenvalue weighted by Gasteiger charge is -2.42. The minimum Gasteiger partial charge on any atom is -0.744 e. The summed E-state index contributed by atoms with van der Waals surface area (Å²) in [6, 6.07) is 9.20. The monoisotopic (exact) mass is 697 g/mol. The van der Waals surface area contributed by atoms with Crippen molar-refractivity contribution in [3.8, 4) is 0 Å². The van der Waals surface area contributed by atoms with Gasteiger partial charge < -0.3 is 4.55 Å². The second kappa shape index (κ2) is 12.1. The van der Waals surface area contributed by atoms with E-state index in [1.54, 1.807) is 12.1 Å². The molecule has 0 aliphatic carbocycles. The Bertz CT molecular complexity index is 1360. The first-order chi connectivity index (χ1) is 19.3. The Morgan fingerprint density at radius 2 is 0.955 bits per heavy atom. The molecule has 0 amide bonds. The van der Waals surface area contributed by atoms with Crippen LogP contribution in [0.25, 0.3) is 0 Å². The summed E-state index contributed by atoms with van der Waals surface area (Å²) in [7, 11) is -4.27. The molecule has 0 radical (unpaired) electrons. The Morgan fingerprint density at radius 3 is 1.32 bits per heavy atom. The van der Waals surface area contributed by atoms with E-state index >= 15 is 0 Å². The van der Waals surface area contributed by atoms with Gasteiger partial charge in [0.05, 0.1) is 11.3 Å². The molecule has 1 aromatic heterocycles. The van der Waals surface area contributed by atoms with Gasteiger partial charge in [-0.3, -0.25) is 0 Å². The molecular formula is C22H16F17NO3S. The molecule has 252 valence electrons. The SMILES string of the molecule is Cc1ccc(S(=O)(=O)[O-])cc1.FC(F)(F)C(F)(F)C(F)(F)C(F)(F)C(F)(F)C(F)(F)C(F)(F)C(F)(F)CC[n+]1ccccc1. The van der Waals surface area contributed by atoms with Crippen LogP contribution in [0.3, 0.4) is 0 Å². The minimum atomic E-state index is -8.60. The van der Waals surface area contributed by atoms with Gasteiger partial charge in [-0.2, -0.15) is 74.6 Å². The predicted octanol–water partition coefficient (Wildman–Crippen LogP) is 7.27. The van der Waals surface area contributed by atoms with Crippen molar-refractivity contribution in [2.75, 3.05) is 0 Å². The van der Waals surface area contributed by atoms with Crippen LogP contribution in [0.15, 0.2) is 59.8 Å². The topological polar surface area (TPSA) is 61.1 Å². The smallest absolute Gasteiger partial charge is 0.460 e. The molecule has 0 unspecified atom stereocenters. The van der Waals surface area contributed by atoms with E-state index in [2.05, 4.69) is 0 Å². The lowest BCUT2D eigenvalue weighted by Crippen LogP contribution is -2.74. The number of pyridine rings is 1. The first kappa shape index (κ1) is 39.1. The molecule has 2 aromatic rings. The van der Waals surface area contributed by atoms with Gasteiger partial charge >= 0.3 is 47.6 Å². The van der Waals surface area contributed by atoms with Crippen LogP contribution in [0.2, 0.25) is 0 Å². The van der Waals surface area contributed by atoms with Gasteiger partial charge in [0.2, 0.25) is 0 Å². The van der Waals surface area contributed by atoms with Crippen molar-refractivity contribution in [3.05, 3.63) is 60.4 Å². The zero-order valence-electron chi connectivity index (χ0n) is 21.1. The van der Waals surface area contributed by atoms with Crippen molar-refractivity contribution in [1.82, 2.24) is 0 Å². The number of rotatable bonds is 10. The van der Waals surface area contributed by atoms with Crippen LogP contribution in [0.4, 0.5) is 74.6 Å². The molecule has 0 N–H and O–H groups in total. The highest BCUT2D eigenvalue weighted by Gasteiger charge is 2.95. The van der Waals surface area contributed by atoms with E-state index in [-0.39, 0.29) is 4.90 Å². The van der Waals surface area contributed by atoms with Crippen LogP contribution in [0.1, 0.15) is 12.0 Å². The van der Waals surface area contributed by atoms with Gasteiger partial charge in [0.1, 0.15) is 10.1 Å². The Morgan fingerprint density at radius 1 is 0.591 bits per heavy atom. The highest BCUT2D eigenvalue weighted by Crippen LogP contribution is 2.64. The first-order valence-electron chi connectivity index (χ1n) is 11.0. The third-order valence-corrected chi connectivity index (χ3v) is 6.41. The molecule has 0 saturated heterocycles. The molecular weight excluding hydrogens is 681 g/mol. The Kier molecular flexibility index (Phi) is 10.8. The highest BCUT2D eigenvalue weighted by atomic mass is 32.2. The number of halogens is 17. The summed E-state index contributed by atoms with van der Waals surface area (Å²) in [5.41, 5.74) is 0.928. The Hall–Kier alpha value is -2.91. The molecule has 22 heteroatoms. The quantitative estimate of drug-likeness (QED) is 0.149. The fourth-order valence-electron chi connectivity index (χ4n) is 2.91. The van der Waals surface area contributed by atoms with Crippen LogP contribution >= 0.6 is 0 Å². The summed E-state index contributed by atoms with van der Waals surface area (Å²) in [6.45, 7) is 0.463. The normalized spacial score (nSPS) is 14.6. The van der Waals surface area contributed by atoms with Gasteiger partial charge in [-0.05, 0) is 19.1 Å². The van der Waals surface area contributed by atoms with Crippen LogP contribution in [0.5, 0.6) is 0 Å². The maximum Gasteiger partial charge on any atom is 0.460 e. The summed E-state index contributed by atoms with van der Waals surface area (Å²) in [5.74, 6) is -56.0. The number of nitrogens with zero attached hydrogens (tertiary/aromatic N) is 1. The van der Waals surface area contributed by atoms with E-state index < -0.39 is 70.7 Å². The average Bonchev–Trinajstić information content (AvgIpc) is 2.87. The van der Waals surface area contributed by atoms with E-state index in [1.807, 2.05) is 6.92 Å². The van der Waals surface area contributed by atoms with Gasteiger partial charge in [-0.15, -0.1) is 0 Å². The Balaban J connectivity index is 0.000000733. The van der Waals surface area contributed by atoms with Gasteiger partial charge in [-0.25, -0.2) is 13.0 Å². The van der Waals surface area contributed by atoms with E-state index in [4.69, 9.17) is 0 Å². The molecule has 0 atom stereocenters. The molecule has 1 aromatic carbocycles. The van der Waals surface area contributed by atoms with Crippen LogP contribution in [0, 0.1) is 6.92 Å². The van der Waals surface area contributed by atoms with Gasteiger partial charge in [0, 0.05) is 12.1 Å². The summed E-state index contributed by atoms with van der Waals surface area (Å²) < 4.78 is 255. The molecule has 0 bridgehead atoms. The zero-order valence-corrected chi connectivity index (χ0v) is 21.9. The fourth-order valence-corrected chi connectivity index (χ4v) is 3.38. The molecule has 0 saturated carbocycles. The second-order valence-corrected chi connectivity index (χ2v) is 10.2. The summed E-state index contributed by atoms with van der Waals surface area (Å²) in [6.07, 6.45) is -8.52. The molecule has 44 heavy (non-hydrogen) atoms. The minimum absolute atomic E-state index is 0.178. The summed E-state index contributed by atoms with van der Waals surface area (Å²) in [5, 5.41) is 0. The van der Waals surface area contributed by atoms with Crippen molar-refractivity contribution in [1.29, 1.82) is 0 Å².